The van der Waals surface area contributed by atoms with Crippen LogP contribution in [0.5, 0.6) is 0 Å². The van der Waals surface area contributed by atoms with Crippen molar-refractivity contribution in [2.24, 2.45) is 0 Å². The minimum atomic E-state index is 0.140. The van der Waals surface area contributed by atoms with Crippen LogP contribution in [0.1, 0.15) is 38.8 Å². The van der Waals surface area contributed by atoms with Crippen LogP contribution in [0.4, 0.5) is 5.69 Å². The van der Waals surface area contributed by atoms with Gasteiger partial charge >= 0.3 is 0 Å². The lowest BCUT2D eigenvalue weighted by Crippen LogP contribution is -2.51. The predicted molar refractivity (Wildman–Crippen MR) is 152 cm³/mol. The van der Waals surface area contributed by atoms with Gasteiger partial charge in [-0.15, -0.1) is 0 Å². The number of para-hydroxylation sites is 1. The summed E-state index contributed by atoms with van der Waals surface area (Å²) in [5.74, 6) is 0.925. The van der Waals surface area contributed by atoms with Crippen molar-refractivity contribution in [2.75, 3.05) is 24.5 Å². The molecule has 1 aliphatic heterocycles. The molecule has 5 aromatic rings. The second-order valence-electron chi connectivity index (χ2n) is 11.2. The van der Waals surface area contributed by atoms with Crippen LogP contribution in [-0.2, 0) is 12.0 Å². The van der Waals surface area contributed by atoms with Gasteiger partial charge < -0.3 is 9.88 Å². The van der Waals surface area contributed by atoms with Gasteiger partial charge in [-0.25, -0.2) is 4.98 Å². The molecule has 0 aliphatic carbocycles. The van der Waals surface area contributed by atoms with Gasteiger partial charge in [-0.1, -0.05) is 57.2 Å². The Morgan fingerprint density at radius 2 is 1.70 bits per heavy atom. The molecule has 3 aromatic carbocycles. The average Bonchev–Trinajstić information content (AvgIpc) is 3.34. The molecule has 1 N–H and O–H groups in total. The number of rotatable bonds is 4. The predicted octanol–water partition coefficient (Wildman–Crippen LogP) is 6.18. The molecule has 0 bridgehead atoms. The number of benzene rings is 3. The Labute approximate surface area is 218 Å². The van der Waals surface area contributed by atoms with E-state index < -0.39 is 0 Å². The fourth-order valence-corrected chi connectivity index (χ4v) is 5.33. The van der Waals surface area contributed by atoms with Crippen LogP contribution < -0.4 is 4.90 Å². The Kier molecular flexibility index (Phi) is 5.92. The van der Waals surface area contributed by atoms with Crippen molar-refractivity contribution in [2.45, 2.75) is 45.7 Å². The molecule has 6 nitrogen and oxygen atoms in total. The lowest BCUT2D eigenvalue weighted by atomic mass is 9.87. The smallest absolute Gasteiger partial charge is 0.138 e. The molecule has 6 rings (SSSR count). The monoisotopic (exact) mass is 490 g/mol. The van der Waals surface area contributed by atoms with Crippen molar-refractivity contribution < 1.29 is 0 Å². The molecular weight excluding hydrogens is 456 g/mol. The fraction of sp³-hybridized carbons (Fsp3) is 0.323. The van der Waals surface area contributed by atoms with Gasteiger partial charge in [-0.05, 0) is 47.7 Å². The summed E-state index contributed by atoms with van der Waals surface area (Å²) in [5, 5.41) is 0. The molecule has 0 spiro atoms. The van der Waals surface area contributed by atoms with E-state index in [0.29, 0.717) is 6.04 Å². The Balaban J connectivity index is 1.20. The topological polar surface area (TPSA) is 60.9 Å². The van der Waals surface area contributed by atoms with Crippen molar-refractivity contribution in [1.29, 1.82) is 0 Å². The molecule has 1 atom stereocenters. The summed E-state index contributed by atoms with van der Waals surface area (Å²) in [6, 6.07) is 22.1. The van der Waals surface area contributed by atoms with Crippen LogP contribution in [0.15, 0.2) is 73.1 Å². The number of aromatic nitrogens is 4. The molecule has 0 amide bonds. The molecule has 1 fully saturated rings. The van der Waals surface area contributed by atoms with E-state index in [9.17, 15) is 0 Å². The summed E-state index contributed by atoms with van der Waals surface area (Å²) in [6.45, 7) is 12.9. The maximum atomic E-state index is 5.07. The van der Waals surface area contributed by atoms with Crippen molar-refractivity contribution >= 4 is 27.8 Å². The zero-order valence-electron chi connectivity index (χ0n) is 22.1. The van der Waals surface area contributed by atoms with Crippen LogP contribution in [0.25, 0.3) is 33.5 Å². The highest BCUT2D eigenvalue weighted by Gasteiger charge is 2.26. The van der Waals surface area contributed by atoms with Gasteiger partial charge in [0.15, 0.2) is 0 Å². The van der Waals surface area contributed by atoms with Gasteiger partial charge in [-0.2, -0.15) is 0 Å². The standard InChI is InChI=1S/C31H34N6/c1-21-19-37(17-16-36(21)20-22-8-13-25-27(18-22)33-15-14-32-25)28-7-5-6-26-29(28)35-30(34-26)23-9-11-24(12-10-23)31(2,3)4/h5-15,18,21H,16-17,19-20H2,1-4H3,(H,34,35)/t21-/m0/s1. The van der Waals surface area contributed by atoms with Crippen LogP contribution in [-0.4, -0.2) is 50.5 Å². The van der Waals surface area contributed by atoms with E-state index in [1.807, 2.05) is 0 Å². The Morgan fingerprint density at radius 3 is 2.46 bits per heavy atom. The van der Waals surface area contributed by atoms with Crippen molar-refractivity contribution in [3.8, 4) is 11.4 Å². The van der Waals surface area contributed by atoms with Crippen molar-refractivity contribution in [1.82, 2.24) is 24.8 Å². The summed E-state index contributed by atoms with van der Waals surface area (Å²) < 4.78 is 0. The number of imidazole rings is 1. The summed E-state index contributed by atoms with van der Waals surface area (Å²) in [6.07, 6.45) is 3.50. The highest BCUT2D eigenvalue weighted by molar-refractivity contribution is 5.91. The normalized spacial score (nSPS) is 17.1. The highest BCUT2D eigenvalue weighted by atomic mass is 15.3. The van der Waals surface area contributed by atoms with E-state index in [-0.39, 0.29) is 5.41 Å². The average molecular weight is 491 g/mol. The summed E-state index contributed by atoms with van der Waals surface area (Å²) in [5.41, 5.74) is 9.11. The minimum absolute atomic E-state index is 0.140. The van der Waals surface area contributed by atoms with Crippen LogP contribution in [0.2, 0.25) is 0 Å². The summed E-state index contributed by atoms with van der Waals surface area (Å²) >= 11 is 0. The van der Waals surface area contributed by atoms with Crippen LogP contribution >= 0.6 is 0 Å². The fourth-order valence-electron chi connectivity index (χ4n) is 5.33. The summed E-state index contributed by atoms with van der Waals surface area (Å²) in [7, 11) is 0. The molecule has 1 aliphatic rings. The Hall–Kier alpha value is -3.77. The molecule has 0 saturated carbocycles. The van der Waals surface area contributed by atoms with Crippen molar-refractivity contribution in [3.05, 3.63) is 84.2 Å². The second-order valence-corrected chi connectivity index (χ2v) is 11.2. The Bertz CT molecular complexity index is 1550. The molecule has 188 valence electrons. The van der Waals surface area contributed by atoms with Crippen LogP contribution in [0.3, 0.4) is 0 Å². The van der Waals surface area contributed by atoms with Crippen LogP contribution in [0, 0.1) is 0 Å². The van der Waals surface area contributed by atoms with E-state index >= 15 is 0 Å². The molecule has 0 unspecified atom stereocenters. The second kappa shape index (κ2) is 9.27. The van der Waals surface area contributed by atoms with Gasteiger partial charge in [0.2, 0.25) is 0 Å². The van der Waals surface area contributed by atoms with E-state index in [1.165, 1.54) is 16.8 Å². The first-order valence-electron chi connectivity index (χ1n) is 13.1. The third-order valence-electron chi connectivity index (χ3n) is 7.54. The molecule has 1 saturated heterocycles. The van der Waals surface area contributed by atoms with E-state index in [2.05, 4.69) is 113 Å². The molecule has 0 radical (unpaired) electrons. The molecular formula is C31H34N6. The number of hydrogen-bond acceptors (Lipinski definition) is 5. The lowest BCUT2D eigenvalue weighted by Gasteiger charge is -2.41. The molecule has 2 aromatic heterocycles. The van der Waals surface area contributed by atoms with E-state index in [4.69, 9.17) is 4.98 Å². The molecule has 6 heteroatoms. The SMILES string of the molecule is C[C@H]1CN(c2cccc3[nH]c(-c4ccc(C(C)(C)C)cc4)nc23)CCN1Cc1ccc2nccnc2c1. The first kappa shape index (κ1) is 23.6. The first-order valence-corrected chi connectivity index (χ1v) is 13.1. The number of nitrogens with zero attached hydrogens (tertiary/aromatic N) is 5. The number of aromatic amines is 1. The van der Waals surface area contributed by atoms with Gasteiger partial charge in [-0.3, -0.25) is 14.9 Å². The number of nitrogens with one attached hydrogen (secondary N) is 1. The number of H-pyrrole nitrogens is 1. The Morgan fingerprint density at radius 1 is 0.919 bits per heavy atom. The number of piperazine rings is 1. The maximum Gasteiger partial charge on any atom is 0.138 e. The number of hydrogen-bond donors (Lipinski definition) is 1. The van der Waals surface area contributed by atoms with E-state index in [0.717, 1.165) is 59.6 Å². The lowest BCUT2D eigenvalue weighted by molar-refractivity contribution is 0.181. The molecule has 3 heterocycles. The summed E-state index contributed by atoms with van der Waals surface area (Å²) in [4.78, 5) is 22.5. The van der Waals surface area contributed by atoms with E-state index in [1.54, 1.807) is 12.4 Å². The third-order valence-corrected chi connectivity index (χ3v) is 7.54. The molecule has 37 heavy (non-hydrogen) atoms. The third kappa shape index (κ3) is 4.69. The van der Waals surface area contributed by atoms with Gasteiger partial charge in [0, 0.05) is 50.2 Å². The first-order chi connectivity index (χ1) is 17.8. The number of fused-ring (bicyclic) bond motifs is 2. The van der Waals surface area contributed by atoms with Crippen molar-refractivity contribution in [3.63, 3.8) is 0 Å². The minimum Gasteiger partial charge on any atom is -0.367 e. The van der Waals surface area contributed by atoms with Gasteiger partial charge in [0.05, 0.1) is 22.2 Å². The zero-order valence-corrected chi connectivity index (χ0v) is 22.1. The largest absolute Gasteiger partial charge is 0.367 e. The maximum absolute atomic E-state index is 5.07. The zero-order chi connectivity index (χ0) is 25.6. The number of anilines is 1. The van der Waals surface area contributed by atoms with Gasteiger partial charge in [0.25, 0.3) is 0 Å². The quantitative estimate of drug-likeness (QED) is 0.326. The van der Waals surface area contributed by atoms with Gasteiger partial charge in [0.1, 0.15) is 11.3 Å². The highest BCUT2D eigenvalue weighted by Crippen LogP contribution is 2.31.